The first-order chi connectivity index (χ1) is 14.3. The lowest BCUT2D eigenvalue weighted by atomic mass is 9.92. The van der Waals surface area contributed by atoms with E-state index in [-0.39, 0.29) is 25.0 Å². The molecule has 0 spiro atoms. The zero-order valence-electron chi connectivity index (χ0n) is 16.3. The minimum Gasteiger partial charge on any atom is -0.382 e. The first kappa shape index (κ1) is 21.4. The number of hydrogen-bond donors (Lipinski definition) is 1. The predicted molar refractivity (Wildman–Crippen MR) is 109 cm³/mol. The summed E-state index contributed by atoms with van der Waals surface area (Å²) in [4.78, 5) is 12.3. The van der Waals surface area contributed by atoms with Crippen molar-refractivity contribution in [2.45, 2.75) is 38.5 Å². The van der Waals surface area contributed by atoms with Crippen LogP contribution in [0.1, 0.15) is 19.8 Å². The van der Waals surface area contributed by atoms with Crippen molar-refractivity contribution in [2.24, 2.45) is 5.92 Å². The van der Waals surface area contributed by atoms with Crippen LogP contribution < -0.4 is 5.73 Å². The standard InChI is InChI=1S/C18H22ClFN5O4P/c1-11(7-25-9-24-16-17(21)22-8-23-18(16)25)27-10-30(26)28-3-2-15(29-30)12-4-13(19)6-14(20)5-12/h5-6,8-9,11-12,15H,2-4,7,10H2,1H3,(H2,21,22,23)/t11-,12?,15-,30-/m1/s1. The molecule has 2 aromatic heterocycles. The molecular formula is C18H22ClFN5O4P. The third kappa shape index (κ3) is 4.73. The van der Waals surface area contributed by atoms with Crippen molar-refractivity contribution in [3.63, 3.8) is 0 Å². The van der Waals surface area contributed by atoms with Crippen LogP contribution in [0.4, 0.5) is 10.2 Å². The Morgan fingerprint density at radius 2 is 2.30 bits per heavy atom. The second-order valence-corrected chi connectivity index (χ2v) is 9.76. The quantitative estimate of drug-likeness (QED) is 0.652. The minimum absolute atomic E-state index is 0.211. The molecule has 1 fully saturated rings. The molecule has 0 bridgehead atoms. The van der Waals surface area contributed by atoms with E-state index in [1.54, 1.807) is 10.9 Å². The Labute approximate surface area is 177 Å². The van der Waals surface area contributed by atoms with Crippen molar-refractivity contribution < 1.29 is 22.7 Å². The number of aromatic nitrogens is 4. The lowest BCUT2D eigenvalue weighted by molar-refractivity contribution is 0.0218. The monoisotopic (exact) mass is 457 g/mol. The van der Waals surface area contributed by atoms with E-state index in [0.717, 1.165) is 0 Å². The molecule has 4 atom stereocenters. The van der Waals surface area contributed by atoms with E-state index in [9.17, 15) is 8.96 Å². The summed E-state index contributed by atoms with van der Waals surface area (Å²) in [6, 6.07) is 0. The lowest BCUT2D eigenvalue weighted by Crippen LogP contribution is -2.30. The number of fused-ring (bicyclic) bond motifs is 1. The maximum Gasteiger partial charge on any atom is 0.356 e. The normalized spacial score (nSPS) is 28.2. The van der Waals surface area contributed by atoms with Gasteiger partial charge < -0.3 is 24.1 Å². The average Bonchev–Trinajstić information content (AvgIpc) is 3.10. The fraction of sp³-hybridized carbons (Fsp3) is 0.500. The van der Waals surface area contributed by atoms with Crippen LogP contribution >= 0.6 is 19.2 Å². The molecule has 30 heavy (non-hydrogen) atoms. The number of rotatable bonds is 6. The lowest BCUT2D eigenvalue weighted by Gasteiger charge is -2.34. The Morgan fingerprint density at radius 1 is 1.47 bits per heavy atom. The third-order valence-corrected chi connectivity index (χ3v) is 6.86. The van der Waals surface area contributed by atoms with Crippen LogP contribution in [0.3, 0.4) is 0 Å². The molecule has 1 aliphatic carbocycles. The number of anilines is 1. The van der Waals surface area contributed by atoms with Gasteiger partial charge in [-0.2, -0.15) is 0 Å². The first-order valence-electron chi connectivity index (χ1n) is 9.51. The van der Waals surface area contributed by atoms with E-state index in [1.165, 1.54) is 18.5 Å². The van der Waals surface area contributed by atoms with Crippen molar-refractivity contribution in [2.75, 3.05) is 18.7 Å². The van der Waals surface area contributed by atoms with Gasteiger partial charge >= 0.3 is 7.60 Å². The van der Waals surface area contributed by atoms with Gasteiger partial charge in [0, 0.05) is 11.0 Å². The van der Waals surface area contributed by atoms with E-state index in [1.807, 2.05) is 6.92 Å². The van der Waals surface area contributed by atoms with Crippen LogP contribution in [-0.2, 0) is 24.9 Å². The number of halogens is 2. The maximum atomic E-state index is 13.7. The van der Waals surface area contributed by atoms with E-state index in [0.29, 0.717) is 41.4 Å². The number of imidazole rings is 1. The number of nitrogens with two attached hydrogens (primary N) is 1. The molecule has 1 saturated heterocycles. The van der Waals surface area contributed by atoms with Gasteiger partial charge in [0.2, 0.25) is 0 Å². The largest absolute Gasteiger partial charge is 0.382 e. The summed E-state index contributed by atoms with van der Waals surface area (Å²) in [5.74, 6) is -0.405. The Hall–Kier alpha value is -1.84. The van der Waals surface area contributed by atoms with Gasteiger partial charge in [0.15, 0.2) is 11.5 Å². The number of hydrogen-bond acceptors (Lipinski definition) is 8. The van der Waals surface area contributed by atoms with Gasteiger partial charge in [-0.3, -0.25) is 4.57 Å². The molecule has 1 unspecified atom stereocenters. The summed E-state index contributed by atoms with van der Waals surface area (Å²) in [7, 11) is -3.48. The Bertz CT molecular complexity index is 1040. The predicted octanol–water partition coefficient (Wildman–Crippen LogP) is 3.77. The second kappa shape index (κ2) is 8.72. The average molecular weight is 458 g/mol. The first-order valence-corrected chi connectivity index (χ1v) is 11.6. The molecular weight excluding hydrogens is 436 g/mol. The van der Waals surface area contributed by atoms with Gasteiger partial charge in [-0.15, -0.1) is 0 Å². The molecule has 3 heterocycles. The summed E-state index contributed by atoms with van der Waals surface area (Å²) in [5.41, 5.74) is 6.90. The fourth-order valence-corrected chi connectivity index (χ4v) is 5.50. The highest BCUT2D eigenvalue weighted by molar-refractivity contribution is 7.53. The van der Waals surface area contributed by atoms with E-state index >= 15 is 0 Å². The molecule has 4 rings (SSSR count). The highest BCUT2D eigenvalue weighted by Crippen LogP contribution is 2.54. The van der Waals surface area contributed by atoms with Gasteiger partial charge in [-0.25, -0.2) is 19.3 Å². The molecule has 162 valence electrons. The zero-order chi connectivity index (χ0) is 21.3. The SMILES string of the molecule is C[C@H](Cn1cnc2c(N)ncnc21)OC[P@@]1(=O)OCC[C@H](C2C=C(F)C=C(Cl)C2)O1. The minimum atomic E-state index is -3.48. The van der Waals surface area contributed by atoms with Gasteiger partial charge in [0.25, 0.3) is 0 Å². The van der Waals surface area contributed by atoms with Crippen molar-refractivity contribution in [1.29, 1.82) is 0 Å². The second-order valence-electron chi connectivity index (χ2n) is 7.32. The maximum absolute atomic E-state index is 13.7. The van der Waals surface area contributed by atoms with Crippen LogP contribution in [0.25, 0.3) is 11.2 Å². The molecule has 12 heteroatoms. The zero-order valence-corrected chi connectivity index (χ0v) is 17.9. The Morgan fingerprint density at radius 3 is 3.10 bits per heavy atom. The molecule has 0 saturated carbocycles. The molecule has 1 aliphatic heterocycles. The highest BCUT2D eigenvalue weighted by Gasteiger charge is 2.38. The van der Waals surface area contributed by atoms with Crippen molar-refractivity contribution >= 4 is 36.2 Å². The van der Waals surface area contributed by atoms with Crippen molar-refractivity contribution in [3.05, 3.63) is 35.7 Å². The van der Waals surface area contributed by atoms with Gasteiger partial charge in [-0.1, -0.05) is 11.6 Å². The summed E-state index contributed by atoms with van der Waals surface area (Å²) >= 11 is 5.99. The number of ether oxygens (including phenoxy) is 1. The fourth-order valence-electron chi connectivity index (χ4n) is 3.52. The molecule has 0 aromatic carbocycles. The Kier molecular flexibility index (Phi) is 6.22. The Balaban J connectivity index is 1.36. The van der Waals surface area contributed by atoms with Crippen LogP contribution in [0.15, 0.2) is 35.7 Å². The molecule has 9 nitrogen and oxygen atoms in total. The van der Waals surface area contributed by atoms with E-state index in [4.69, 9.17) is 31.1 Å². The molecule has 0 radical (unpaired) electrons. The van der Waals surface area contributed by atoms with Crippen LogP contribution in [0.2, 0.25) is 0 Å². The number of nitrogens with zero attached hydrogens (tertiary/aromatic N) is 4. The van der Waals surface area contributed by atoms with Crippen LogP contribution in [0.5, 0.6) is 0 Å². The van der Waals surface area contributed by atoms with Gasteiger partial charge in [-0.05, 0) is 31.9 Å². The third-order valence-electron chi connectivity index (χ3n) is 4.96. The van der Waals surface area contributed by atoms with Crippen LogP contribution in [0, 0.1) is 5.92 Å². The molecule has 2 aliphatic rings. The van der Waals surface area contributed by atoms with Crippen LogP contribution in [-0.4, -0.2) is 44.7 Å². The van der Waals surface area contributed by atoms with Gasteiger partial charge in [0.05, 0.1) is 31.7 Å². The van der Waals surface area contributed by atoms with E-state index in [2.05, 4.69) is 15.0 Å². The highest BCUT2D eigenvalue weighted by atomic mass is 35.5. The summed E-state index contributed by atoms with van der Waals surface area (Å²) in [6.07, 6.45) is 5.64. The molecule has 2 N–H and O–H groups in total. The summed E-state index contributed by atoms with van der Waals surface area (Å²) < 4.78 is 45.4. The number of nitrogen functional groups attached to an aromatic ring is 1. The van der Waals surface area contributed by atoms with E-state index < -0.39 is 19.5 Å². The van der Waals surface area contributed by atoms with Gasteiger partial charge in [0.1, 0.15) is 24.0 Å². The van der Waals surface area contributed by atoms with Crippen molar-refractivity contribution in [3.8, 4) is 0 Å². The topological polar surface area (TPSA) is 114 Å². The molecule has 0 amide bonds. The van der Waals surface area contributed by atoms with Crippen molar-refractivity contribution in [1.82, 2.24) is 19.5 Å². The summed E-state index contributed by atoms with van der Waals surface area (Å²) in [6.45, 7) is 2.48. The summed E-state index contributed by atoms with van der Waals surface area (Å²) in [5, 5.41) is 0.409. The smallest absolute Gasteiger partial charge is 0.356 e. The molecule has 2 aromatic rings. The number of allylic oxidation sites excluding steroid dienone is 3.